The highest BCUT2D eigenvalue weighted by Crippen LogP contribution is 2.31. The number of anilines is 1. The van der Waals surface area contributed by atoms with Crippen LogP contribution in [-0.4, -0.2) is 53.9 Å². The lowest BCUT2D eigenvalue weighted by Gasteiger charge is -2.31. The molecule has 1 atom stereocenters. The third-order valence-electron chi connectivity index (χ3n) is 3.17. The number of carbonyl (C=O) groups is 2. The molecule has 0 saturated heterocycles. The summed E-state index contributed by atoms with van der Waals surface area (Å²) in [7, 11) is 2.83. The molecule has 116 valence electrons. The fraction of sp³-hybridized carbons (Fsp3) is 0.429. The Bertz CT molecular complexity index is 532. The molecule has 0 aliphatic heterocycles. The van der Waals surface area contributed by atoms with E-state index in [1.807, 2.05) is 0 Å². The van der Waals surface area contributed by atoms with E-state index in [9.17, 15) is 19.8 Å². The van der Waals surface area contributed by atoms with Crippen LogP contribution in [0.15, 0.2) is 18.2 Å². The summed E-state index contributed by atoms with van der Waals surface area (Å²) >= 11 is 0. The summed E-state index contributed by atoms with van der Waals surface area (Å²) in [6, 6.07) is 2.62. The Hall–Kier alpha value is -2.44. The normalized spacial score (nSPS) is 11.6. The first kappa shape index (κ1) is 16.6. The fourth-order valence-electron chi connectivity index (χ4n) is 1.76. The van der Waals surface area contributed by atoms with E-state index in [-0.39, 0.29) is 17.2 Å². The highest BCUT2D eigenvalue weighted by Gasteiger charge is 2.30. The second kappa shape index (κ2) is 6.83. The van der Waals surface area contributed by atoms with Gasteiger partial charge in [0.15, 0.2) is 11.5 Å². The number of aromatic hydroxyl groups is 2. The Morgan fingerprint density at radius 2 is 1.90 bits per heavy atom. The summed E-state index contributed by atoms with van der Waals surface area (Å²) in [6.07, 6.45) is 0. The minimum Gasteiger partial charge on any atom is -0.504 e. The first-order valence-electron chi connectivity index (χ1n) is 6.47. The maximum absolute atomic E-state index is 12.4. The monoisotopic (exact) mass is 296 g/mol. The van der Waals surface area contributed by atoms with Gasteiger partial charge in [-0.1, -0.05) is 0 Å². The molecule has 0 saturated carbocycles. The molecule has 7 heteroatoms. The molecular formula is C14H20N2O5. The van der Waals surface area contributed by atoms with Gasteiger partial charge in [-0.2, -0.15) is 0 Å². The second-order valence-corrected chi connectivity index (χ2v) is 4.54. The van der Waals surface area contributed by atoms with Crippen molar-refractivity contribution >= 4 is 17.7 Å². The fourth-order valence-corrected chi connectivity index (χ4v) is 1.76. The van der Waals surface area contributed by atoms with Crippen LogP contribution in [-0.2, 0) is 9.53 Å². The molecular weight excluding hydrogens is 276 g/mol. The van der Waals surface area contributed by atoms with Crippen LogP contribution in [0.2, 0.25) is 0 Å². The number of amides is 2. The number of hydrogen-bond acceptors (Lipinski definition) is 5. The molecule has 0 spiro atoms. The lowest BCUT2D eigenvalue weighted by Crippen LogP contribution is -2.49. The standard InChI is InChI=1S/C14H20N2O5/c1-5-15(3)14(20)16(9(2)13(19)21-4)10-6-7-11(17)12(18)8-10/h6-9,17-18H,5H2,1-4H3. The highest BCUT2D eigenvalue weighted by atomic mass is 16.5. The van der Waals surface area contributed by atoms with Crippen LogP contribution in [0.1, 0.15) is 13.8 Å². The maximum atomic E-state index is 12.4. The van der Waals surface area contributed by atoms with Crippen LogP contribution in [0.5, 0.6) is 11.5 Å². The van der Waals surface area contributed by atoms with Crippen LogP contribution in [0.4, 0.5) is 10.5 Å². The maximum Gasteiger partial charge on any atom is 0.328 e. The molecule has 0 bridgehead atoms. The molecule has 1 rings (SSSR count). The largest absolute Gasteiger partial charge is 0.504 e. The molecule has 2 amide bonds. The minimum atomic E-state index is -0.875. The number of rotatable bonds is 4. The van der Waals surface area contributed by atoms with Gasteiger partial charge in [0.25, 0.3) is 0 Å². The number of esters is 1. The van der Waals surface area contributed by atoms with Crippen LogP contribution in [0.25, 0.3) is 0 Å². The van der Waals surface area contributed by atoms with Gasteiger partial charge in [0.1, 0.15) is 6.04 Å². The van der Waals surface area contributed by atoms with E-state index in [0.717, 1.165) is 0 Å². The first-order valence-corrected chi connectivity index (χ1v) is 6.47. The lowest BCUT2D eigenvalue weighted by molar-refractivity contribution is -0.141. The van der Waals surface area contributed by atoms with E-state index >= 15 is 0 Å². The van der Waals surface area contributed by atoms with Crippen molar-refractivity contribution in [2.75, 3.05) is 25.6 Å². The number of urea groups is 1. The quantitative estimate of drug-likeness (QED) is 0.649. The zero-order valence-corrected chi connectivity index (χ0v) is 12.5. The molecule has 0 aromatic heterocycles. The van der Waals surface area contributed by atoms with Gasteiger partial charge in [0.2, 0.25) is 0 Å². The number of phenolic OH excluding ortho intramolecular Hbond substituents is 2. The summed E-state index contributed by atoms with van der Waals surface area (Å²) in [6.45, 7) is 3.78. The van der Waals surface area contributed by atoms with E-state index in [4.69, 9.17) is 0 Å². The predicted molar refractivity (Wildman–Crippen MR) is 77.4 cm³/mol. The minimum absolute atomic E-state index is 0.286. The number of phenols is 2. The number of ether oxygens (including phenoxy) is 1. The Morgan fingerprint density at radius 3 is 2.38 bits per heavy atom. The van der Waals surface area contributed by atoms with Gasteiger partial charge < -0.3 is 19.8 Å². The van der Waals surface area contributed by atoms with Crippen molar-refractivity contribution in [1.29, 1.82) is 0 Å². The van der Waals surface area contributed by atoms with Crippen molar-refractivity contribution in [3.8, 4) is 11.5 Å². The predicted octanol–water partition coefficient (Wildman–Crippen LogP) is 1.54. The Morgan fingerprint density at radius 1 is 1.29 bits per heavy atom. The van der Waals surface area contributed by atoms with Crippen molar-refractivity contribution < 1.29 is 24.5 Å². The SMILES string of the molecule is CCN(C)C(=O)N(c1ccc(O)c(O)c1)C(C)C(=O)OC. The number of carbonyl (C=O) groups excluding carboxylic acids is 2. The van der Waals surface area contributed by atoms with E-state index in [0.29, 0.717) is 6.54 Å². The zero-order valence-electron chi connectivity index (χ0n) is 12.5. The summed E-state index contributed by atoms with van der Waals surface area (Å²) < 4.78 is 4.67. The highest BCUT2D eigenvalue weighted by molar-refractivity contribution is 5.98. The Balaban J connectivity index is 3.26. The summed E-state index contributed by atoms with van der Waals surface area (Å²) in [4.78, 5) is 26.8. The topological polar surface area (TPSA) is 90.3 Å². The van der Waals surface area contributed by atoms with Gasteiger partial charge >= 0.3 is 12.0 Å². The average molecular weight is 296 g/mol. The molecule has 21 heavy (non-hydrogen) atoms. The molecule has 0 fully saturated rings. The second-order valence-electron chi connectivity index (χ2n) is 4.54. The number of hydrogen-bond donors (Lipinski definition) is 2. The molecule has 0 heterocycles. The van der Waals surface area contributed by atoms with Crippen LogP contribution in [0.3, 0.4) is 0 Å². The molecule has 1 aromatic carbocycles. The van der Waals surface area contributed by atoms with Crippen molar-refractivity contribution in [2.45, 2.75) is 19.9 Å². The van der Waals surface area contributed by atoms with Gasteiger partial charge in [-0.05, 0) is 26.0 Å². The van der Waals surface area contributed by atoms with Crippen LogP contribution < -0.4 is 4.90 Å². The third kappa shape index (κ3) is 3.56. The van der Waals surface area contributed by atoms with Crippen LogP contribution in [0, 0.1) is 0 Å². The van der Waals surface area contributed by atoms with E-state index < -0.39 is 18.0 Å². The zero-order chi connectivity index (χ0) is 16.2. The smallest absolute Gasteiger partial charge is 0.328 e. The molecule has 0 aliphatic rings. The van der Waals surface area contributed by atoms with Crippen molar-refractivity contribution in [1.82, 2.24) is 4.90 Å². The molecule has 0 radical (unpaired) electrons. The molecule has 1 unspecified atom stereocenters. The molecule has 2 N–H and O–H groups in total. The number of methoxy groups -OCH3 is 1. The molecule has 1 aromatic rings. The van der Waals surface area contributed by atoms with Crippen molar-refractivity contribution in [3.63, 3.8) is 0 Å². The van der Waals surface area contributed by atoms with Gasteiger partial charge in [-0.3, -0.25) is 4.90 Å². The average Bonchev–Trinajstić information content (AvgIpc) is 2.48. The molecule has 7 nitrogen and oxygen atoms in total. The number of benzene rings is 1. The summed E-state index contributed by atoms with van der Waals surface area (Å²) in [5.74, 6) is -1.26. The van der Waals surface area contributed by atoms with Gasteiger partial charge in [-0.25, -0.2) is 9.59 Å². The van der Waals surface area contributed by atoms with Crippen molar-refractivity contribution in [2.24, 2.45) is 0 Å². The number of nitrogens with zero attached hydrogens (tertiary/aromatic N) is 2. The van der Waals surface area contributed by atoms with Crippen LogP contribution >= 0.6 is 0 Å². The summed E-state index contributed by atoms with van der Waals surface area (Å²) in [5, 5.41) is 18.9. The lowest BCUT2D eigenvalue weighted by atomic mass is 10.2. The van der Waals surface area contributed by atoms with E-state index in [1.54, 1.807) is 14.0 Å². The van der Waals surface area contributed by atoms with Crippen molar-refractivity contribution in [3.05, 3.63) is 18.2 Å². The van der Waals surface area contributed by atoms with Gasteiger partial charge in [0, 0.05) is 19.7 Å². The third-order valence-corrected chi connectivity index (χ3v) is 3.17. The Kier molecular flexibility index (Phi) is 5.40. The first-order chi connectivity index (χ1) is 9.83. The summed E-state index contributed by atoms with van der Waals surface area (Å²) in [5.41, 5.74) is 0.286. The van der Waals surface area contributed by atoms with E-state index in [2.05, 4.69) is 4.74 Å². The van der Waals surface area contributed by atoms with Gasteiger partial charge in [-0.15, -0.1) is 0 Å². The Labute approximate surface area is 123 Å². The van der Waals surface area contributed by atoms with Gasteiger partial charge in [0.05, 0.1) is 12.8 Å². The molecule has 0 aliphatic carbocycles. The van der Waals surface area contributed by atoms with E-state index in [1.165, 1.54) is 42.0 Å².